The summed E-state index contributed by atoms with van der Waals surface area (Å²) < 4.78 is 5.18. The van der Waals surface area contributed by atoms with Crippen LogP contribution in [0.25, 0.3) is 0 Å². The summed E-state index contributed by atoms with van der Waals surface area (Å²) in [5, 5.41) is 9.02. The van der Waals surface area contributed by atoms with Crippen molar-refractivity contribution in [3.8, 4) is 5.75 Å². The Morgan fingerprint density at radius 3 is 2.31 bits per heavy atom. The number of hydrogen-bond donors (Lipinski definition) is 3. The number of ether oxygens (including phenoxy) is 1. The highest BCUT2D eigenvalue weighted by molar-refractivity contribution is 8.01. The minimum Gasteiger partial charge on any atom is -0.497 e. The summed E-state index contributed by atoms with van der Waals surface area (Å²) in [5.74, 6) is 0.322. The van der Waals surface area contributed by atoms with Crippen LogP contribution in [0, 0.1) is 0 Å². The minimum atomic E-state index is -0.533. The number of amides is 1. The fourth-order valence-electron chi connectivity index (χ4n) is 3.53. The number of nitrogens with one attached hydrogen (secondary N) is 3. The second-order valence-electron chi connectivity index (χ2n) is 7.89. The Morgan fingerprint density at radius 1 is 0.971 bits per heavy atom. The molecule has 1 aliphatic heterocycles. The zero-order valence-corrected chi connectivity index (χ0v) is 20.3. The number of carbonyl (C=O) groups excluding carboxylic acids is 2. The summed E-state index contributed by atoms with van der Waals surface area (Å²) in [6.07, 6.45) is 4.44. The van der Waals surface area contributed by atoms with Crippen LogP contribution in [0.4, 0.5) is 11.4 Å². The van der Waals surface area contributed by atoms with Gasteiger partial charge in [-0.1, -0.05) is 11.8 Å². The number of benzene rings is 2. The van der Waals surface area contributed by atoms with Crippen molar-refractivity contribution in [2.45, 2.75) is 24.2 Å². The normalized spacial score (nSPS) is 16.8. The van der Waals surface area contributed by atoms with Crippen molar-refractivity contribution in [3.05, 3.63) is 84.2 Å². The smallest absolute Gasteiger partial charge is 0.252 e. The predicted molar refractivity (Wildman–Crippen MR) is 140 cm³/mol. The Bertz CT molecular complexity index is 1180. The van der Waals surface area contributed by atoms with Crippen molar-refractivity contribution in [2.75, 3.05) is 24.3 Å². The molecule has 1 aliphatic rings. The first-order valence-electron chi connectivity index (χ1n) is 11.2. The molecule has 0 bridgehead atoms. The van der Waals surface area contributed by atoms with Gasteiger partial charge in [-0.05, 0) is 72.6 Å². The first-order chi connectivity index (χ1) is 17.0. The number of methoxy groups -OCH3 is 1. The van der Waals surface area contributed by atoms with Crippen LogP contribution in [0.5, 0.6) is 5.75 Å². The summed E-state index contributed by atoms with van der Waals surface area (Å²) >= 11 is 1.37. The van der Waals surface area contributed by atoms with E-state index in [0.717, 1.165) is 30.1 Å². The number of anilines is 2. The molecule has 8 nitrogen and oxygen atoms in total. The van der Waals surface area contributed by atoms with Crippen molar-refractivity contribution in [3.63, 3.8) is 0 Å². The fourth-order valence-corrected chi connectivity index (χ4v) is 4.70. The summed E-state index contributed by atoms with van der Waals surface area (Å²) in [6.45, 7) is 2.23. The molecule has 1 aromatic heterocycles. The van der Waals surface area contributed by atoms with Gasteiger partial charge < -0.3 is 20.7 Å². The molecule has 9 heteroatoms. The Balaban J connectivity index is 1.32. The van der Waals surface area contributed by atoms with Crippen molar-refractivity contribution in [1.82, 2.24) is 10.3 Å². The predicted octanol–water partition coefficient (Wildman–Crippen LogP) is 3.97. The molecular formula is C26H27N5O3S. The van der Waals surface area contributed by atoms with Gasteiger partial charge in [0.1, 0.15) is 16.8 Å². The molecule has 3 aromatic rings. The molecule has 0 saturated carbocycles. The molecule has 0 aliphatic carbocycles. The van der Waals surface area contributed by atoms with Crippen molar-refractivity contribution in [1.29, 1.82) is 0 Å². The van der Waals surface area contributed by atoms with Crippen LogP contribution in [0.15, 0.2) is 78.0 Å². The van der Waals surface area contributed by atoms with E-state index >= 15 is 0 Å². The first-order valence-corrected chi connectivity index (χ1v) is 12.1. The molecule has 2 aromatic carbocycles. The van der Waals surface area contributed by atoms with Gasteiger partial charge in [-0.15, -0.1) is 0 Å². The highest BCUT2D eigenvalue weighted by Crippen LogP contribution is 2.29. The number of aromatic nitrogens is 1. The Labute approximate surface area is 208 Å². The van der Waals surface area contributed by atoms with Gasteiger partial charge in [0, 0.05) is 42.8 Å². The van der Waals surface area contributed by atoms with Crippen LogP contribution >= 0.6 is 11.8 Å². The average molecular weight is 490 g/mol. The second-order valence-corrected chi connectivity index (χ2v) is 9.08. The van der Waals surface area contributed by atoms with Gasteiger partial charge in [-0.25, -0.2) is 4.99 Å². The first kappa shape index (κ1) is 24.3. The third-order valence-electron chi connectivity index (χ3n) is 5.41. The SMILES string of the molecule is COc1ccc(NC2N=C(C(C)=O)C(NC(=O)c3ccc(NCCc4ccncc4)cc3)S2)cc1. The van der Waals surface area contributed by atoms with Gasteiger partial charge in [0.25, 0.3) is 5.91 Å². The number of aliphatic imine (C=N–C) groups is 1. The molecule has 1 amide bonds. The number of carbonyl (C=O) groups is 2. The lowest BCUT2D eigenvalue weighted by atomic mass is 10.1. The Morgan fingerprint density at radius 2 is 1.66 bits per heavy atom. The van der Waals surface area contributed by atoms with Crippen molar-refractivity contribution < 1.29 is 14.3 Å². The number of hydrogen-bond acceptors (Lipinski definition) is 8. The fraction of sp³-hybridized carbons (Fsp3) is 0.231. The van der Waals surface area contributed by atoms with Gasteiger partial charge in [0.2, 0.25) is 0 Å². The van der Waals surface area contributed by atoms with Crippen molar-refractivity contribution in [2.24, 2.45) is 4.99 Å². The molecule has 0 saturated heterocycles. The zero-order chi connectivity index (χ0) is 24.6. The molecule has 0 radical (unpaired) electrons. The number of nitrogens with zero attached hydrogens (tertiary/aromatic N) is 2. The molecule has 35 heavy (non-hydrogen) atoms. The summed E-state index contributed by atoms with van der Waals surface area (Å²) in [6, 6.07) is 18.7. The van der Waals surface area contributed by atoms with Crippen LogP contribution in [-0.2, 0) is 11.2 Å². The summed E-state index contributed by atoms with van der Waals surface area (Å²) in [4.78, 5) is 33.5. The number of rotatable bonds is 10. The molecule has 2 atom stereocenters. The van der Waals surface area contributed by atoms with E-state index in [1.807, 2.05) is 48.5 Å². The van der Waals surface area contributed by atoms with E-state index in [9.17, 15) is 9.59 Å². The minimum absolute atomic E-state index is 0.171. The van der Waals surface area contributed by atoms with Gasteiger partial charge in [-0.3, -0.25) is 14.6 Å². The molecule has 4 rings (SSSR count). The van der Waals surface area contributed by atoms with E-state index in [4.69, 9.17) is 4.74 Å². The van der Waals surface area contributed by atoms with E-state index in [-0.39, 0.29) is 17.2 Å². The zero-order valence-electron chi connectivity index (χ0n) is 19.5. The van der Waals surface area contributed by atoms with Gasteiger partial charge in [0.15, 0.2) is 11.3 Å². The lowest BCUT2D eigenvalue weighted by molar-refractivity contribution is -0.111. The maximum atomic E-state index is 12.9. The average Bonchev–Trinajstić information content (AvgIpc) is 3.28. The monoisotopic (exact) mass is 489 g/mol. The van der Waals surface area contributed by atoms with E-state index < -0.39 is 5.37 Å². The second kappa shape index (κ2) is 11.5. The maximum Gasteiger partial charge on any atom is 0.252 e. The van der Waals surface area contributed by atoms with Gasteiger partial charge >= 0.3 is 0 Å². The topological polar surface area (TPSA) is 105 Å². The lowest BCUT2D eigenvalue weighted by Crippen LogP contribution is -2.39. The van der Waals surface area contributed by atoms with E-state index in [0.29, 0.717) is 11.3 Å². The van der Waals surface area contributed by atoms with Gasteiger partial charge in [0.05, 0.1) is 7.11 Å². The third kappa shape index (κ3) is 6.60. The Kier molecular flexibility index (Phi) is 7.99. The molecule has 3 N–H and O–H groups in total. The molecule has 0 fully saturated rings. The van der Waals surface area contributed by atoms with Crippen LogP contribution in [0.2, 0.25) is 0 Å². The van der Waals surface area contributed by atoms with Crippen molar-refractivity contribution >= 4 is 40.5 Å². The highest BCUT2D eigenvalue weighted by atomic mass is 32.2. The largest absolute Gasteiger partial charge is 0.497 e. The number of pyridine rings is 1. The maximum absolute atomic E-state index is 12.9. The van der Waals surface area contributed by atoms with Crippen LogP contribution in [0.3, 0.4) is 0 Å². The molecule has 180 valence electrons. The molecule has 2 heterocycles. The number of thioether (sulfide) groups is 1. The van der Waals surface area contributed by atoms with E-state index in [2.05, 4.69) is 25.9 Å². The summed E-state index contributed by atoms with van der Waals surface area (Å²) in [7, 11) is 1.61. The lowest BCUT2D eigenvalue weighted by Gasteiger charge is -2.16. The highest BCUT2D eigenvalue weighted by Gasteiger charge is 2.33. The van der Waals surface area contributed by atoms with Crippen LogP contribution in [-0.4, -0.2) is 46.9 Å². The molecule has 2 unspecified atom stereocenters. The summed E-state index contributed by atoms with van der Waals surface area (Å²) in [5.41, 5.74) is 3.44. The van der Waals surface area contributed by atoms with E-state index in [1.165, 1.54) is 24.2 Å². The molecule has 0 spiro atoms. The quantitative estimate of drug-likeness (QED) is 0.396. The van der Waals surface area contributed by atoms with Crippen LogP contribution in [0.1, 0.15) is 22.8 Å². The standard InChI is InChI=1S/C26H27N5O3S/c1-17(32)23-25(35-26(30-23)29-21-7-9-22(34-2)10-8-21)31-24(33)19-3-5-20(6-4-19)28-16-13-18-11-14-27-15-12-18/h3-12,14-15,25-26,28-29H,13,16H2,1-2H3,(H,31,33). The van der Waals surface area contributed by atoms with Gasteiger partial charge in [-0.2, -0.15) is 0 Å². The van der Waals surface area contributed by atoms with Crippen LogP contribution < -0.4 is 20.7 Å². The number of Topliss-reactive ketones (excluding diaryl/α,β-unsaturated/α-hetero) is 1. The number of ketones is 1. The third-order valence-corrected chi connectivity index (χ3v) is 6.51. The molecular weight excluding hydrogens is 462 g/mol. The Hall–Kier alpha value is -3.85. The van der Waals surface area contributed by atoms with E-state index in [1.54, 1.807) is 31.6 Å².